The lowest BCUT2D eigenvalue weighted by atomic mass is 10.4. The van der Waals surface area contributed by atoms with Crippen LogP contribution in [0.4, 0.5) is 18.0 Å². The van der Waals surface area contributed by atoms with Crippen molar-refractivity contribution in [3.05, 3.63) is 0 Å². The number of hydrogen-bond donors (Lipinski definition) is 1. The number of carbonyl (C=O) groups is 1. The standard InChI is InChI=1S/C6H10F3NO5S/c1-10(2)5(11)15-3-4(7)6(8,9)16(12,13)14/h4H,3H2,1-2H3,(H,12,13,14). The van der Waals surface area contributed by atoms with Crippen LogP contribution in [0.1, 0.15) is 0 Å². The topological polar surface area (TPSA) is 83.9 Å². The van der Waals surface area contributed by atoms with Gasteiger partial charge in [0.25, 0.3) is 0 Å². The number of amides is 1. The van der Waals surface area contributed by atoms with Gasteiger partial charge < -0.3 is 9.64 Å². The molecule has 0 aliphatic rings. The SMILES string of the molecule is CN(C)C(=O)OCC(F)C(F)(F)S(=O)(=O)O. The Morgan fingerprint density at radius 1 is 1.50 bits per heavy atom. The number of nitrogens with zero attached hydrogens (tertiary/aromatic N) is 1. The highest BCUT2D eigenvalue weighted by atomic mass is 32.2. The van der Waals surface area contributed by atoms with Crippen LogP contribution in [0, 0.1) is 0 Å². The molecule has 0 aromatic rings. The summed E-state index contributed by atoms with van der Waals surface area (Å²) in [7, 11) is -3.45. The van der Waals surface area contributed by atoms with E-state index in [-0.39, 0.29) is 0 Å². The summed E-state index contributed by atoms with van der Waals surface area (Å²) >= 11 is 0. The van der Waals surface area contributed by atoms with Gasteiger partial charge in [0.1, 0.15) is 6.61 Å². The normalized spacial score (nSPS) is 14.4. The summed E-state index contributed by atoms with van der Waals surface area (Å²) in [4.78, 5) is 11.5. The molecule has 0 aromatic heterocycles. The molecule has 0 heterocycles. The molecule has 0 radical (unpaired) electrons. The molecule has 0 aromatic carbocycles. The van der Waals surface area contributed by atoms with Gasteiger partial charge in [-0.3, -0.25) is 4.55 Å². The molecule has 16 heavy (non-hydrogen) atoms. The maximum absolute atomic E-state index is 12.7. The Morgan fingerprint density at radius 3 is 2.25 bits per heavy atom. The lowest BCUT2D eigenvalue weighted by molar-refractivity contribution is -0.0330. The Morgan fingerprint density at radius 2 is 1.94 bits per heavy atom. The van der Waals surface area contributed by atoms with Crippen molar-refractivity contribution in [1.29, 1.82) is 0 Å². The van der Waals surface area contributed by atoms with E-state index < -0.39 is 34.2 Å². The highest BCUT2D eigenvalue weighted by molar-refractivity contribution is 7.86. The number of carbonyl (C=O) groups excluding carboxylic acids is 1. The van der Waals surface area contributed by atoms with Crippen molar-refractivity contribution < 1.29 is 35.7 Å². The predicted molar refractivity (Wildman–Crippen MR) is 46.4 cm³/mol. The van der Waals surface area contributed by atoms with Gasteiger partial charge in [0.15, 0.2) is 0 Å². The minimum atomic E-state index is -5.88. The first-order valence-corrected chi connectivity index (χ1v) is 5.27. The fourth-order valence-corrected chi connectivity index (χ4v) is 0.923. The van der Waals surface area contributed by atoms with Crippen LogP contribution in [0.2, 0.25) is 0 Å². The average Bonchev–Trinajstić information content (AvgIpc) is 2.11. The molecule has 0 fully saturated rings. The minimum absolute atomic E-state index is 0.832. The van der Waals surface area contributed by atoms with Crippen LogP contribution in [0.15, 0.2) is 0 Å². The summed E-state index contributed by atoms with van der Waals surface area (Å²) in [5.41, 5.74) is 0. The van der Waals surface area contributed by atoms with Crippen LogP contribution >= 0.6 is 0 Å². The third-order valence-corrected chi connectivity index (χ3v) is 2.37. The molecule has 0 saturated heterocycles. The van der Waals surface area contributed by atoms with Gasteiger partial charge in [-0.25, -0.2) is 9.18 Å². The summed E-state index contributed by atoms with van der Waals surface area (Å²) in [5.74, 6) is 0. The third kappa shape index (κ3) is 3.52. The van der Waals surface area contributed by atoms with Gasteiger partial charge in [0.2, 0.25) is 6.17 Å². The maximum atomic E-state index is 12.7. The predicted octanol–water partition coefficient (Wildman–Crippen LogP) is 0.503. The summed E-state index contributed by atoms with van der Waals surface area (Å²) in [5, 5.41) is -5.01. The van der Waals surface area contributed by atoms with E-state index in [4.69, 9.17) is 4.55 Å². The van der Waals surface area contributed by atoms with E-state index in [0.717, 1.165) is 4.90 Å². The van der Waals surface area contributed by atoms with Crippen molar-refractivity contribution in [1.82, 2.24) is 4.90 Å². The van der Waals surface area contributed by atoms with Gasteiger partial charge in [-0.05, 0) is 0 Å². The van der Waals surface area contributed by atoms with Crippen LogP contribution in [-0.4, -0.2) is 56.1 Å². The molecule has 0 saturated carbocycles. The number of halogens is 3. The molecule has 0 aliphatic heterocycles. The van der Waals surface area contributed by atoms with E-state index in [9.17, 15) is 26.4 Å². The van der Waals surface area contributed by atoms with Gasteiger partial charge in [0, 0.05) is 14.1 Å². The third-order valence-electron chi connectivity index (χ3n) is 1.43. The summed E-state index contributed by atoms with van der Waals surface area (Å²) in [6.07, 6.45) is -4.46. The Labute approximate surface area is 89.7 Å². The van der Waals surface area contributed by atoms with Crippen LogP contribution in [0.3, 0.4) is 0 Å². The zero-order chi connectivity index (χ0) is 13.1. The second-order valence-corrected chi connectivity index (χ2v) is 4.47. The first-order chi connectivity index (χ1) is 7.00. The zero-order valence-electron chi connectivity index (χ0n) is 8.35. The minimum Gasteiger partial charge on any atom is -0.446 e. The largest absolute Gasteiger partial charge is 0.446 e. The lowest BCUT2D eigenvalue weighted by Gasteiger charge is -2.18. The first-order valence-electron chi connectivity index (χ1n) is 3.83. The monoisotopic (exact) mass is 265 g/mol. The van der Waals surface area contributed by atoms with E-state index in [2.05, 4.69) is 4.74 Å². The molecule has 1 amide bonds. The van der Waals surface area contributed by atoms with E-state index in [1.165, 1.54) is 14.1 Å². The van der Waals surface area contributed by atoms with Crippen LogP contribution < -0.4 is 0 Å². The molecule has 1 atom stereocenters. The van der Waals surface area contributed by atoms with Gasteiger partial charge in [-0.15, -0.1) is 0 Å². The highest BCUT2D eigenvalue weighted by Crippen LogP contribution is 2.27. The van der Waals surface area contributed by atoms with E-state index >= 15 is 0 Å². The number of alkyl halides is 3. The fourth-order valence-electron chi connectivity index (χ4n) is 0.532. The molecule has 0 rings (SSSR count). The van der Waals surface area contributed by atoms with Crippen molar-refractivity contribution in [2.75, 3.05) is 20.7 Å². The van der Waals surface area contributed by atoms with Crippen molar-refractivity contribution in [2.45, 2.75) is 11.4 Å². The number of hydrogen-bond acceptors (Lipinski definition) is 4. The zero-order valence-corrected chi connectivity index (χ0v) is 9.17. The molecule has 96 valence electrons. The molecule has 0 bridgehead atoms. The Bertz CT molecular complexity index is 355. The van der Waals surface area contributed by atoms with Gasteiger partial charge in [0.05, 0.1) is 0 Å². The van der Waals surface area contributed by atoms with Crippen molar-refractivity contribution in [3.8, 4) is 0 Å². The average molecular weight is 265 g/mol. The Hall–Kier alpha value is -1.03. The highest BCUT2D eigenvalue weighted by Gasteiger charge is 2.53. The Kier molecular flexibility index (Phi) is 4.56. The van der Waals surface area contributed by atoms with Gasteiger partial charge >= 0.3 is 21.5 Å². The molecule has 1 unspecified atom stereocenters. The molecular weight excluding hydrogens is 255 g/mol. The fraction of sp³-hybridized carbons (Fsp3) is 0.833. The second kappa shape index (κ2) is 4.87. The quantitative estimate of drug-likeness (QED) is 0.748. The molecule has 6 nitrogen and oxygen atoms in total. The van der Waals surface area contributed by atoms with Crippen LogP contribution in [-0.2, 0) is 14.9 Å². The molecular formula is C6H10F3NO5S. The first kappa shape index (κ1) is 15.0. The van der Waals surface area contributed by atoms with E-state index in [1.54, 1.807) is 0 Å². The van der Waals surface area contributed by atoms with Crippen molar-refractivity contribution >= 4 is 16.2 Å². The summed E-state index contributed by atoms with van der Waals surface area (Å²) < 4.78 is 70.0. The van der Waals surface area contributed by atoms with Gasteiger partial charge in [-0.1, -0.05) is 0 Å². The van der Waals surface area contributed by atoms with E-state index in [0.29, 0.717) is 0 Å². The molecule has 1 N–H and O–H groups in total. The van der Waals surface area contributed by atoms with E-state index in [1.807, 2.05) is 0 Å². The summed E-state index contributed by atoms with van der Waals surface area (Å²) in [6.45, 7) is -1.48. The molecule has 10 heteroatoms. The van der Waals surface area contributed by atoms with Crippen LogP contribution in [0.5, 0.6) is 0 Å². The number of rotatable bonds is 4. The van der Waals surface area contributed by atoms with Crippen LogP contribution in [0.25, 0.3) is 0 Å². The lowest BCUT2D eigenvalue weighted by Crippen LogP contribution is -2.42. The second-order valence-electron chi connectivity index (χ2n) is 2.98. The molecule has 0 spiro atoms. The van der Waals surface area contributed by atoms with Crippen molar-refractivity contribution in [2.24, 2.45) is 0 Å². The summed E-state index contributed by atoms with van der Waals surface area (Å²) in [6, 6.07) is 0. The number of ether oxygens (including phenoxy) is 1. The van der Waals surface area contributed by atoms with Crippen molar-refractivity contribution in [3.63, 3.8) is 0 Å². The van der Waals surface area contributed by atoms with Gasteiger partial charge in [-0.2, -0.15) is 17.2 Å². The maximum Gasteiger partial charge on any atom is 0.409 e. The smallest absolute Gasteiger partial charge is 0.409 e. The molecule has 0 aliphatic carbocycles. The Balaban J connectivity index is 4.49.